The van der Waals surface area contributed by atoms with E-state index in [1.807, 2.05) is 6.07 Å². The van der Waals surface area contributed by atoms with Crippen molar-refractivity contribution in [3.05, 3.63) is 29.3 Å². The van der Waals surface area contributed by atoms with Crippen LogP contribution >= 0.6 is 0 Å². The maximum atomic E-state index is 12.2. The SMILES string of the molecule is CCc1cc(CC#N)ccc1OS(=O)(=O)C(F)(F)F. The van der Waals surface area contributed by atoms with Gasteiger partial charge in [-0.05, 0) is 23.6 Å². The minimum atomic E-state index is -5.67. The molecule has 0 unspecified atom stereocenters. The number of hydrogen-bond donors (Lipinski definition) is 0. The number of hydrogen-bond acceptors (Lipinski definition) is 4. The summed E-state index contributed by atoms with van der Waals surface area (Å²) < 4.78 is 62.5. The minimum Gasteiger partial charge on any atom is -0.376 e. The van der Waals surface area contributed by atoms with Gasteiger partial charge in [0.25, 0.3) is 0 Å². The van der Waals surface area contributed by atoms with Gasteiger partial charge in [0.1, 0.15) is 5.75 Å². The van der Waals surface area contributed by atoms with E-state index in [-0.39, 0.29) is 18.6 Å². The Bertz CT molecular complexity index is 603. The molecule has 0 bridgehead atoms. The number of aryl methyl sites for hydroxylation is 1. The van der Waals surface area contributed by atoms with Crippen LogP contribution in [0.1, 0.15) is 18.1 Å². The molecule has 0 aliphatic rings. The topological polar surface area (TPSA) is 67.2 Å². The molecule has 0 aliphatic carbocycles. The molecule has 0 saturated heterocycles. The highest BCUT2D eigenvalue weighted by Gasteiger charge is 2.48. The third-order valence-electron chi connectivity index (χ3n) is 2.27. The van der Waals surface area contributed by atoms with Crippen LogP contribution in [0.2, 0.25) is 0 Å². The van der Waals surface area contributed by atoms with Crippen LogP contribution < -0.4 is 4.18 Å². The van der Waals surface area contributed by atoms with Gasteiger partial charge in [-0.1, -0.05) is 19.1 Å². The molecule has 0 amide bonds. The maximum absolute atomic E-state index is 12.2. The summed E-state index contributed by atoms with van der Waals surface area (Å²) in [5, 5.41) is 8.52. The molecule has 104 valence electrons. The molecule has 19 heavy (non-hydrogen) atoms. The highest BCUT2D eigenvalue weighted by atomic mass is 32.2. The average molecular weight is 293 g/mol. The first-order valence-corrected chi connectivity index (χ1v) is 6.61. The Balaban J connectivity index is 3.13. The van der Waals surface area contributed by atoms with Gasteiger partial charge < -0.3 is 4.18 Å². The lowest BCUT2D eigenvalue weighted by Gasteiger charge is -2.12. The second-order valence-electron chi connectivity index (χ2n) is 3.61. The van der Waals surface area contributed by atoms with Crippen LogP contribution in [0.4, 0.5) is 13.2 Å². The predicted molar refractivity (Wildman–Crippen MR) is 60.7 cm³/mol. The van der Waals surface area contributed by atoms with E-state index >= 15 is 0 Å². The van der Waals surface area contributed by atoms with E-state index in [9.17, 15) is 21.6 Å². The van der Waals surface area contributed by atoms with Gasteiger partial charge >= 0.3 is 15.6 Å². The fraction of sp³-hybridized carbons (Fsp3) is 0.364. The summed E-state index contributed by atoms with van der Waals surface area (Å²) in [6.45, 7) is 1.64. The van der Waals surface area contributed by atoms with E-state index in [2.05, 4.69) is 4.18 Å². The number of halogens is 3. The zero-order valence-corrected chi connectivity index (χ0v) is 10.7. The van der Waals surface area contributed by atoms with Crippen LogP contribution in [0.5, 0.6) is 5.75 Å². The van der Waals surface area contributed by atoms with E-state index < -0.39 is 15.6 Å². The van der Waals surface area contributed by atoms with Crippen molar-refractivity contribution in [1.29, 1.82) is 5.26 Å². The van der Waals surface area contributed by atoms with Gasteiger partial charge in [0, 0.05) is 0 Å². The summed E-state index contributed by atoms with van der Waals surface area (Å²) in [4.78, 5) is 0. The lowest BCUT2D eigenvalue weighted by molar-refractivity contribution is -0.0500. The maximum Gasteiger partial charge on any atom is 0.534 e. The molecule has 0 spiro atoms. The molecule has 0 radical (unpaired) electrons. The Morgan fingerprint density at radius 3 is 2.47 bits per heavy atom. The van der Waals surface area contributed by atoms with Gasteiger partial charge in [0.05, 0.1) is 12.5 Å². The van der Waals surface area contributed by atoms with Crippen molar-refractivity contribution in [3.63, 3.8) is 0 Å². The highest BCUT2D eigenvalue weighted by Crippen LogP contribution is 2.29. The third-order valence-corrected chi connectivity index (χ3v) is 3.24. The lowest BCUT2D eigenvalue weighted by atomic mass is 10.1. The Kier molecular flexibility index (Phi) is 4.42. The van der Waals surface area contributed by atoms with Crippen molar-refractivity contribution in [3.8, 4) is 11.8 Å². The van der Waals surface area contributed by atoms with Crippen molar-refractivity contribution in [2.24, 2.45) is 0 Å². The molecule has 0 aliphatic heterocycles. The van der Waals surface area contributed by atoms with Gasteiger partial charge in [0.2, 0.25) is 0 Å². The van der Waals surface area contributed by atoms with E-state index in [1.165, 1.54) is 12.1 Å². The molecule has 0 N–H and O–H groups in total. The average Bonchev–Trinajstić information content (AvgIpc) is 2.29. The monoisotopic (exact) mass is 293 g/mol. The second-order valence-corrected chi connectivity index (χ2v) is 5.15. The fourth-order valence-electron chi connectivity index (χ4n) is 1.36. The van der Waals surface area contributed by atoms with Gasteiger partial charge in [0.15, 0.2) is 0 Å². The van der Waals surface area contributed by atoms with Crippen LogP contribution in [0, 0.1) is 11.3 Å². The van der Waals surface area contributed by atoms with Gasteiger partial charge in [-0.15, -0.1) is 0 Å². The Morgan fingerprint density at radius 2 is 2.00 bits per heavy atom. The van der Waals surface area contributed by atoms with Gasteiger partial charge in [-0.25, -0.2) is 0 Å². The van der Waals surface area contributed by atoms with Gasteiger partial charge in [-0.3, -0.25) is 0 Å². The quantitative estimate of drug-likeness (QED) is 0.632. The van der Waals surface area contributed by atoms with Crippen LogP contribution in [-0.2, 0) is 23.0 Å². The number of alkyl halides is 3. The van der Waals surface area contributed by atoms with E-state index in [0.29, 0.717) is 11.1 Å². The van der Waals surface area contributed by atoms with Crippen molar-refractivity contribution in [2.45, 2.75) is 25.3 Å². The minimum absolute atomic E-state index is 0.0826. The predicted octanol–water partition coefficient (Wildman–Crippen LogP) is 2.54. The summed E-state index contributed by atoms with van der Waals surface area (Å²) in [6.07, 6.45) is 0.362. The fourth-order valence-corrected chi connectivity index (χ4v) is 1.85. The van der Waals surface area contributed by atoms with Crippen LogP contribution in [-0.4, -0.2) is 13.9 Å². The summed E-state index contributed by atoms with van der Waals surface area (Å²) in [5.74, 6) is -0.374. The first-order chi connectivity index (χ1) is 8.71. The molecule has 1 rings (SSSR count). The smallest absolute Gasteiger partial charge is 0.376 e. The summed E-state index contributed by atoms with van der Waals surface area (Å²) in [5.41, 5.74) is -4.60. The normalized spacial score (nSPS) is 11.9. The van der Waals surface area contributed by atoms with Crippen molar-refractivity contribution in [2.75, 3.05) is 0 Å². The van der Waals surface area contributed by atoms with E-state index in [0.717, 1.165) is 6.07 Å². The molecule has 1 aromatic rings. The molecule has 0 atom stereocenters. The molecule has 0 fully saturated rings. The number of nitrogens with zero attached hydrogens (tertiary/aromatic N) is 1. The summed E-state index contributed by atoms with van der Waals surface area (Å²) in [6, 6.07) is 5.81. The summed E-state index contributed by atoms with van der Waals surface area (Å²) >= 11 is 0. The zero-order chi connectivity index (χ0) is 14.7. The molecule has 1 aromatic carbocycles. The molecule has 0 aromatic heterocycles. The second kappa shape index (κ2) is 5.48. The summed E-state index contributed by atoms with van der Waals surface area (Å²) in [7, 11) is -5.67. The molecule has 8 heteroatoms. The van der Waals surface area contributed by atoms with E-state index in [4.69, 9.17) is 5.26 Å². The van der Waals surface area contributed by atoms with Crippen molar-refractivity contribution < 1.29 is 25.8 Å². The van der Waals surface area contributed by atoms with Crippen molar-refractivity contribution in [1.82, 2.24) is 0 Å². The molecule has 0 saturated carbocycles. The molecule has 0 heterocycles. The van der Waals surface area contributed by atoms with Crippen LogP contribution in [0.15, 0.2) is 18.2 Å². The first-order valence-electron chi connectivity index (χ1n) is 5.20. The number of nitriles is 1. The first kappa shape index (κ1) is 15.3. The van der Waals surface area contributed by atoms with Crippen LogP contribution in [0.3, 0.4) is 0 Å². The number of benzene rings is 1. The third kappa shape index (κ3) is 3.61. The lowest BCUT2D eigenvalue weighted by Crippen LogP contribution is -2.28. The van der Waals surface area contributed by atoms with Crippen LogP contribution in [0.25, 0.3) is 0 Å². The standard InChI is InChI=1S/C11H10F3NO3S/c1-2-9-7-8(5-6-15)3-4-10(9)18-19(16,17)11(12,13)14/h3-4,7H,2,5H2,1H3. The van der Waals surface area contributed by atoms with Gasteiger partial charge in [-0.2, -0.15) is 26.9 Å². The largest absolute Gasteiger partial charge is 0.534 e. The number of rotatable bonds is 4. The molecular formula is C11H10F3NO3S. The zero-order valence-electron chi connectivity index (χ0n) is 9.86. The molecular weight excluding hydrogens is 283 g/mol. The highest BCUT2D eigenvalue weighted by molar-refractivity contribution is 7.88. The Labute approximate surface area is 108 Å². The van der Waals surface area contributed by atoms with Crippen molar-refractivity contribution >= 4 is 10.1 Å². The Morgan fingerprint density at radius 1 is 1.37 bits per heavy atom. The molecule has 4 nitrogen and oxygen atoms in total. The van der Waals surface area contributed by atoms with E-state index in [1.54, 1.807) is 6.92 Å². The Hall–Kier alpha value is -1.75.